The Bertz CT molecular complexity index is 920. The molecule has 0 aromatic heterocycles. The maximum absolute atomic E-state index is 12.6. The van der Waals surface area contributed by atoms with Crippen molar-refractivity contribution in [3.8, 4) is 0 Å². The van der Waals surface area contributed by atoms with Gasteiger partial charge in [0.15, 0.2) is 0 Å². The van der Waals surface area contributed by atoms with E-state index in [1.807, 2.05) is 49.4 Å². The van der Waals surface area contributed by atoms with Crippen LogP contribution in [0.4, 0.5) is 5.69 Å². The van der Waals surface area contributed by atoms with Gasteiger partial charge in [-0.15, -0.1) is 0 Å². The lowest BCUT2D eigenvalue weighted by Gasteiger charge is -2.33. The number of carbonyl (C=O) groups is 1. The Morgan fingerprint density at radius 2 is 1.74 bits per heavy atom. The van der Waals surface area contributed by atoms with Crippen molar-refractivity contribution in [2.45, 2.75) is 13.5 Å². The molecule has 0 atom stereocenters. The van der Waals surface area contributed by atoms with Gasteiger partial charge in [-0.25, -0.2) is 8.42 Å². The molecule has 2 aromatic carbocycles. The van der Waals surface area contributed by atoms with Crippen LogP contribution < -0.4 is 5.32 Å². The van der Waals surface area contributed by atoms with Crippen LogP contribution in [0.2, 0.25) is 0 Å². The summed E-state index contributed by atoms with van der Waals surface area (Å²) in [4.78, 5) is 14.8. The molecule has 1 heterocycles. The van der Waals surface area contributed by atoms with Gasteiger partial charge in [-0.3, -0.25) is 9.69 Å². The third kappa shape index (κ3) is 5.15. The molecule has 27 heavy (non-hydrogen) atoms. The number of para-hydroxylation sites is 1. The van der Waals surface area contributed by atoms with Crippen LogP contribution in [0.15, 0.2) is 48.5 Å². The zero-order valence-corrected chi connectivity index (χ0v) is 16.5. The number of hydrogen-bond donors (Lipinski definition) is 1. The fourth-order valence-corrected chi connectivity index (χ4v) is 4.02. The number of nitrogens with one attached hydrogen (secondary N) is 1. The highest BCUT2D eigenvalue weighted by molar-refractivity contribution is 7.88. The minimum atomic E-state index is -3.12. The Balaban J connectivity index is 1.62. The quantitative estimate of drug-likeness (QED) is 0.855. The summed E-state index contributed by atoms with van der Waals surface area (Å²) in [5, 5.41) is 2.95. The summed E-state index contributed by atoms with van der Waals surface area (Å²) in [7, 11) is -3.12. The van der Waals surface area contributed by atoms with Gasteiger partial charge in [-0.1, -0.05) is 30.3 Å². The third-order valence-corrected chi connectivity index (χ3v) is 6.09. The lowest BCUT2D eigenvalue weighted by atomic mass is 10.1. The molecular formula is C20H25N3O3S. The average Bonchev–Trinajstić information content (AvgIpc) is 2.63. The lowest BCUT2D eigenvalue weighted by Crippen LogP contribution is -2.47. The predicted molar refractivity (Wildman–Crippen MR) is 107 cm³/mol. The number of nitrogens with zero attached hydrogens (tertiary/aromatic N) is 2. The van der Waals surface area contributed by atoms with Gasteiger partial charge in [-0.05, 0) is 36.2 Å². The van der Waals surface area contributed by atoms with Crippen LogP contribution >= 0.6 is 0 Å². The van der Waals surface area contributed by atoms with Crippen LogP contribution in [0, 0.1) is 6.92 Å². The maximum atomic E-state index is 12.6. The van der Waals surface area contributed by atoms with E-state index in [0.717, 1.165) is 16.8 Å². The highest BCUT2D eigenvalue weighted by Crippen LogP contribution is 2.16. The Hall–Kier alpha value is -2.22. The molecule has 0 spiro atoms. The Labute approximate surface area is 160 Å². The molecule has 1 saturated heterocycles. The summed E-state index contributed by atoms with van der Waals surface area (Å²) in [6.07, 6.45) is 1.25. The standard InChI is InChI=1S/C20H25N3O3S/c1-16-6-3-4-9-19(16)21-20(24)18-8-5-7-17(14-18)15-22-10-12-23(13-11-22)27(2,25)26/h3-9,14H,10-13,15H2,1-2H3,(H,21,24). The monoisotopic (exact) mass is 387 g/mol. The number of rotatable bonds is 5. The van der Waals surface area contributed by atoms with E-state index in [4.69, 9.17) is 0 Å². The maximum Gasteiger partial charge on any atom is 0.255 e. The van der Waals surface area contributed by atoms with Crippen molar-refractivity contribution in [1.29, 1.82) is 0 Å². The van der Waals surface area contributed by atoms with Gasteiger partial charge in [0.2, 0.25) is 10.0 Å². The molecule has 2 aromatic rings. The zero-order chi connectivity index (χ0) is 19.4. The highest BCUT2D eigenvalue weighted by atomic mass is 32.2. The van der Waals surface area contributed by atoms with Crippen LogP contribution in [0.1, 0.15) is 21.5 Å². The van der Waals surface area contributed by atoms with E-state index < -0.39 is 10.0 Å². The number of carbonyl (C=O) groups excluding carboxylic acids is 1. The van der Waals surface area contributed by atoms with Gasteiger partial charge >= 0.3 is 0 Å². The molecular weight excluding hydrogens is 362 g/mol. The van der Waals surface area contributed by atoms with Crippen LogP contribution in [-0.4, -0.2) is 56.0 Å². The fourth-order valence-electron chi connectivity index (χ4n) is 3.20. The fraction of sp³-hybridized carbons (Fsp3) is 0.350. The predicted octanol–water partition coefficient (Wildman–Crippen LogP) is 2.32. The van der Waals surface area contributed by atoms with Gasteiger partial charge in [-0.2, -0.15) is 4.31 Å². The van der Waals surface area contributed by atoms with Crippen molar-refractivity contribution in [2.75, 3.05) is 37.8 Å². The minimum Gasteiger partial charge on any atom is -0.322 e. The molecule has 0 radical (unpaired) electrons. The normalized spacial score (nSPS) is 16.2. The second-order valence-electron chi connectivity index (χ2n) is 6.91. The summed E-state index contributed by atoms with van der Waals surface area (Å²) in [6, 6.07) is 15.3. The lowest BCUT2D eigenvalue weighted by molar-refractivity contribution is 0.102. The van der Waals surface area contributed by atoms with Crippen LogP contribution in [0.3, 0.4) is 0 Å². The summed E-state index contributed by atoms with van der Waals surface area (Å²) < 4.78 is 24.7. The second kappa shape index (κ2) is 8.21. The molecule has 0 saturated carbocycles. The Morgan fingerprint density at radius 3 is 2.41 bits per heavy atom. The number of amides is 1. The van der Waals surface area contributed by atoms with Gasteiger partial charge in [0.25, 0.3) is 5.91 Å². The second-order valence-corrected chi connectivity index (χ2v) is 8.89. The van der Waals surface area contributed by atoms with E-state index >= 15 is 0 Å². The number of hydrogen-bond acceptors (Lipinski definition) is 4. The molecule has 1 fully saturated rings. The molecule has 6 nitrogen and oxygen atoms in total. The van der Waals surface area contributed by atoms with Crippen LogP contribution in [0.5, 0.6) is 0 Å². The summed E-state index contributed by atoms with van der Waals surface area (Å²) in [5.74, 6) is -0.131. The summed E-state index contributed by atoms with van der Waals surface area (Å²) in [6.45, 7) is 5.04. The number of sulfonamides is 1. The van der Waals surface area contributed by atoms with Crippen molar-refractivity contribution < 1.29 is 13.2 Å². The molecule has 1 aliphatic rings. The topological polar surface area (TPSA) is 69.7 Å². The molecule has 144 valence electrons. The van der Waals surface area contributed by atoms with Crippen molar-refractivity contribution in [3.63, 3.8) is 0 Å². The Kier molecular flexibility index (Phi) is 5.94. The SMILES string of the molecule is Cc1ccccc1NC(=O)c1cccc(CN2CCN(S(C)(=O)=O)CC2)c1. The number of piperazine rings is 1. The average molecular weight is 388 g/mol. The molecule has 0 bridgehead atoms. The number of benzene rings is 2. The smallest absolute Gasteiger partial charge is 0.255 e. The molecule has 0 unspecified atom stereocenters. The molecule has 1 N–H and O–H groups in total. The van der Waals surface area contributed by atoms with E-state index in [-0.39, 0.29) is 5.91 Å². The first-order valence-corrected chi connectivity index (χ1v) is 10.8. The van der Waals surface area contributed by atoms with Gasteiger partial charge in [0, 0.05) is 44.0 Å². The minimum absolute atomic E-state index is 0.131. The molecule has 0 aliphatic carbocycles. The molecule has 1 aliphatic heterocycles. The molecule has 7 heteroatoms. The zero-order valence-electron chi connectivity index (χ0n) is 15.7. The number of aryl methyl sites for hydroxylation is 1. The van der Waals surface area contributed by atoms with Crippen molar-refractivity contribution in [2.24, 2.45) is 0 Å². The Morgan fingerprint density at radius 1 is 1.04 bits per heavy atom. The first-order valence-electron chi connectivity index (χ1n) is 8.96. The van der Waals surface area contributed by atoms with Crippen molar-refractivity contribution >= 4 is 21.6 Å². The van der Waals surface area contributed by atoms with E-state index in [9.17, 15) is 13.2 Å². The van der Waals surface area contributed by atoms with Crippen LogP contribution in [-0.2, 0) is 16.6 Å². The van der Waals surface area contributed by atoms with Crippen LogP contribution in [0.25, 0.3) is 0 Å². The van der Waals surface area contributed by atoms with Gasteiger partial charge in [0.1, 0.15) is 0 Å². The van der Waals surface area contributed by atoms with Gasteiger partial charge < -0.3 is 5.32 Å². The third-order valence-electron chi connectivity index (χ3n) is 4.79. The summed E-state index contributed by atoms with van der Waals surface area (Å²) >= 11 is 0. The summed E-state index contributed by atoms with van der Waals surface area (Å²) in [5.41, 5.74) is 3.49. The van der Waals surface area contributed by atoms with E-state index in [1.165, 1.54) is 10.6 Å². The van der Waals surface area contributed by atoms with Crippen molar-refractivity contribution in [1.82, 2.24) is 9.21 Å². The molecule has 1 amide bonds. The van der Waals surface area contributed by atoms with E-state index in [1.54, 1.807) is 6.07 Å². The van der Waals surface area contributed by atoms with E-state index in [2.05, 4.69) is 10.2 Å². The van der Waals surface area contributed by atoms with Crippen molar-refractivity contribution in [3.05, 3.63) is 65.2 Å². The molecule has 3 rings (SSSR count). The van der Waals surface area contributed by atoms with E-state index in [0.29, 0.717) is 38.3 Å². The number of anilines is 1. The first kappa shape index (κ1) is 19.5. The highest BCUT2D eigenvalue weighted by Gasteiger charge is 2.23. The largest absolute Gasteiger partial charge is 0.322 e. The first-order chi connectivity index (χ1) is 12.8. The van der Waals surface area contributed by atoms with Gasteiger partial charge in [0.05, 0.1) is 6.26 Å².